The number of hydrogen-bond donors (Lipinski definition) is 0. The summed E-state index contributed by atoms with van der Waals surface area (Å²) in [5.41, 5.74) is 13.0. The van der Waals surface area contributed by atoms with Crippen LogP contribution in [0.4, 0.5) is 0 Å². The molecule has 0 atom stereocenters. The van der Waals surface area contributed by atoms with E-state index in [1.54, 1.807) is 11.3 Å². The molecule has 0 amide bonds. The smallest absolute Gasteiger partial charge is 0.656 e. The molecule has 0 aliphatic carbocycles. The minimum atomic E-state index is 0. The molecular weight excluding hydrogens is 546 g/mol. The van der Waals surface area contributed by atoms with Crippen LogP contribution in [0.15, 0.2) is 85.1 Å². The Balaban J connectivity index is 0.000000176. The van der Waals surface area contributed by atoms with Crippen molar-refractivity contribution in [1.82, 2.24) is 9.97 Å². The summed E-state index contributed by atoms with van der Waals surface area (Å²) in [6, 6.07) is 27.2. The largest absolute Gasteiger partial charge is 2.00 e. The van der Waals surface area contributed by atoms with Crippen LogP contribution in [-0.2, 0) is 17.1 Å². The van der Waals surface area contributed by atoms with Gasteiger partial charge in [-0.15, -0.1) is 11.0 Å². The van der Waals surface area contributed by atoms with Crippen LogP contribution in [0, 0.1) is 19.4 Å². The summed E-state index contributed by atoms with van der Waals surface area (Å²) in [5.74, 6) is 1.04. The average molecular weight is 580 g/mol. The van der Waals surface area contributed by atoms with Gasteiger partial charge in [0.05, 0.1) is 11.4 Å². The number of hydrogen-bond acceptors (Lipinski definition) is 2. The van der Waals surface area contributed by atoms with Gasteiger partial charge in [0.25, 0.3) is 0 Å². The van der Waals surface area contributed by atoms with E-state index < -0.39 is 0 Å². The molecule has 0 spiro atoms. The van der Waals surface area contributed by atoms with Crippen LogP contribution < -0.4 is 9.55 Å². The van der Waals surface area contributed by atoms with E-state index in [2.05, 4.69) is 111 Å². The maximum atomic E-state index is 4.75. The summed E-state index contributed by atoms with van der Waals surface area (Å²) < 4.78 is 2.25. The predicted octanol–water partition coefficient (Wildman–Crippen LogP) is 8.70. The van der Waals surface area contributed by atoms with E-state index in [-0.39, 0.29) is 17.1 Å². The van der Waals surface area contributed by atoms with Gasteiger partial charge in [0, 0.05) is 6.20 Å². The third-order valence-electron chi connectivity index (χ3n) is 7.10. The van der Waals surface area contributed by atoms with E-state index in [4.69, 9.17) is 4.98 Å². The maximum absolute atomic E-state index is 4.75. The molecule has 0 aliphatic rings. The molecule has 3 nitrogen and oxygen atoms in total. The molecule has 3 aromatic heterocycles. The molecule has 0 unspecified atom stereocenters. The van der Waals surface area contributed by atoms with Gasteiger partial charge in [-0.05, 0) is 63.2 Å². The summed E-state index contributed by atoms with van der Waals surface area (Å²) in [7, 11) is 0. The number of fused-ring (bicyclic) bond motifs is 3. The zero-order chi connectivity index (χ0) is 26.8. The van der Waals surface area contributed by atoms with Crippen LogP contribution in [-0.4, -0.2) is 4.98 Å². The Morgan fingerprint density at radius 1 is 0.769 bits per heavy atom. The fourth-order valence-electron chi connectivity index (χ4n) is 4.93. The minimum Gasteiger partial charge on any atom is -0.656 e. The van der Waals surface area contributed by atoms with E-state index in [1.807, 2.05) is 30.5 Å². The molecule has 39 heavy (non-hydrogen) atoms. The van der Waals surface area contributed by atoms with Crippen LogP contribution in [0.3, 0.4) is 0 Å². The van der Waals surface area contributed by atoms with Crippen LogP contribution in [0.2, 0.25) is 0 Å². The Bertz CT molecular complexity index is 1670. The Morgan fingerprint density at radius 3 is 2.03 bits per heavy atom. The normalized spacial score (nSPS) is 11.1. The second kappa shape index (κ2) is 12.3. The summed E-state index contributed by atoms with van der Waals surface area (Å²) >= 11 is 1.70. The van der Waals surface area contributed by atoms with Gasteiger partial charge >= 0.3 is 17.1 Å². The van der Waals surface area contributed by atoms with Gasteiger partial charge in [-0.2, -0.15) is 11.3 Å². The molecule has 0 N–H and O–H groups in total. The average Bonchev–Trinajstić information content (AvgIpc) is 3.48. The van der Waals surface area contributed by atoms with Gasteiger partial charge in [0.15, 0.2) is 0 Å². The summed E-state index contributed by atoms with van der Waals surface area (Å²) in [4.78, 5) is 10.5. The Hall–Kier alpha value is -3.24. The van der Waals surface area contributed by atoms with Crippen molar-refractivity contribution in [3.8, 4) is 16.9 Å². The molecular formula is C34H34CuN3S+. The molecule has 0 saturated heterocycles. The Morgan fingerprint density at radius 2 is 1.41 bits per heavy atom. The van der Waals surface area contributed by atoms with E-state index in [0.29, 0.717) is 11.8 Å². The molecule has 0 saturated carbocycles. The first-order chi connectivity index (χ1) is 18.4. The quantitative estimate of drug-likeness (QED) is 0.119. The third-order valence-corrected chi connectivity index (χ3v) is 7.98. The van der Waals surface area contributed by atoms with Crippen molar-refractivity contribution < 1.29 is 21.6 Å². The van der Waals surface area contributed by atoms with E-state index >= 15 is 0 Å². The topological polar surface area (TPSA) is 30.9 Å². The van der Waals surface area contributed by atoms with Crippen molar-refractivity contribution in [2.24, 2.45) is 0 Å². The summed E-state index contributed by atoms with van der Waals surface area (Å²) in [6.07, 6.45) is 1.82. The molecule has 3 aromatic carbocycles. The minimum absolute atomic E-state index is 0. The van der Waals surface area contributed by atoms with Gasteiger partial charge in [-0.1, -0.05) is 101 Å². The van der Waals surface area contributed by atoms with E-state index in [1.165, 1.54) is 38.2 Å². The maximum Gasteiger partial charge on any atom is 2.00 e. The van der Waals surface area contributed by atoms with Crippen LogP contribution >= 0.6 is 11.3 Å². The van der Waals surface area contributed by atoms with Crippen molar-refractivity contribution in [3.63, 3.8) is 0 Å². The van der Waals surface area contributed by atoms with Crippen molar-refractivity contribution in [3.05, 3.63) is 112 Å². The number of aryl methyl sites for hydroxylation is 1. The second-order valence-corrected chi connectivity index (χ2v) is 11.3. The van der Waals surface area contributed by atoms with Crippen LogP contribution in [0.1, 0.15) is 61.2 Å². The zero-order valence-electron chi connectivity index (χ0n) is 23.3. The molecule has 3 heterocycles. The number of benzene rings is 3. The fraction of sp³-hybridized carbons (Fsp3) is 0.235. The molecule has 201 valence electrons. The number of aromatic nitrogens is 3. The van der Waals surface area contributed by atoms with Crippen LogP contribution in [0.25, 0.3) is 38.8 Å². The second-order valence-electron chi connectivity index (χ2n) is 10.3. The number of rotatable bonds is 4. The van der Waals surface area contributed by atoms with Gasteiger partial charge in [0.1, 0.15) is 5.69 Å². The summed E-state index contributed by atoms with van der Waals surface area (Å²) in [6.45, 7) is 13.4. The molecule has 6 aromatic rings. The molecule has 0 bridgehead atoms. The molecule has 0 aliphatic heterocycles. The number of thiazole rings is 1. The first-order valence-corrected chi connectivity index (χ1v) is 14.1. The first-order valence-electron chi connectivity index (χ1n) is 13.2. The molecule has 1 radical (unpaired) electrons. The van der Waals surface area contributed by atoms with Crippen molar-refractivity contribution >= 4 is 33.1 Å². The predicted molar refractivity (Wildman–Crippen MR) is 160 cm³/mol. The van der Waals surface area contributed by atoms with E-state index in [0.717, 1.165) is 22.3 Å². The van der Waals surface area contributed by atoms with Crippen molar-refractivity contribution in [2.75, 3.05) is 0 Å². The zero-order valence-corrected chi connectivity index (χ0v) is 25.0. The molecule has 5 heteroatoms. The van der Waals surface area contributed by atoms with Gasteiger partial charge in [-0.25, -0.2) is 0 Å². The van der Waals surface area contributed by atoms with E-state index in [9.17, 15) is 0 Å². The van der Waals surface area contributed by atoms with Crippen molar-refractivity contribution in [1.29, 1.82) is 0 Å². The van der Waals surface area contributed by atoms with Gasteiger partial charge < -0.3 is 4.98 Å². The number of nitrogens with zero attached hydrogens (tertiary/aromatic N) is 3. The molecule has 0 fully saturated rings. The summed E-state index contributed by atoms with van der Waals surface area (Å²) in [5, 5.41) is 2.40. The van der Waals surface area contributed by atoms with Gasteiger partial charge in [0.2, 0.25) is 5.51 Å². The number of para-hydroxylation sites is 3. The van der Waals surface area contributed by atoms with Gasteiger partial charge in [-0.3, -0.25) is 9.55 Å². The SMILES string of the molecule is Cc1s[c-][n+](-c2c(C(C)C)cccc2C(C)C)c1C.[Cu+2].c1ccc(-c2cccc3c2[n-]c2ccccc23)nc1. The van der Waals surface area contributed by atoms with Crippen LogP contribution in [0.5, 0.6) is 0 Å². The number of pyridine rings is 1. The molecule has 6 rings (SSSR count). The fourth-order valence-corrected chi connectivity index (χ4v) is 5.62. The Labute approximate surface area is 246 Å². The monoisotopic (exact) mass is 579 g/mol. The van der Waals surface area contributed by atoms with Crippen molar-refractivity contribution in [2.45, 2.75) is 53.4 Å². The standard InChI is InChI=1S/C17H11N2.C17H23NS.Cu/c1-2-10-16-12(6-1)13-7-5-8-14(17(13)19-16)15-9-3-4-11-18-15;1-11(2)15-8-7-9-16(12(3)4)17(15)18-10-19-14(6)13(18)5;/h1-11H;7-9,11-12H,1-6H3;/q-1;;+2. The Kier molecular flexibility index (Phi) is 9.07. The first kappa shape index (κ1) is 28.8. The third kappa shape index (κ3) is 5.72.